The molecule has 0 amide bonds. The first-order chi connectivity index (χ1) is 6.09. The van der Waals surface area contributed by atoms with Crippen molar-refractivity contribution in [2.45, 2.75) is 20.8 Å². The summed E-state index contributed by atoms with van der Waals surface area (Å²) >= 11 is 0. The summed E-state index contributed by atoms with van der Waals surface area (Å²) in [7, 11) is 0. The lowest BCUT2D eigenvalue weighted by atomic mass is 10.1. The molecule has 0 N–H and O–H groups in total. The maximum Gasteiger partial charge on any atom is 0.155 e. The molecule has 1 rings (SSSR count). The SMILES string of the molecule is CC(=O)/C(C)=C/c1cccc(C)c1. The van der Waals surface area contributed by atoms with Crippen molar-refractivity contribution in [3.05, 3.63) is 41.0 Å². The van der Waals surface area contributed by atoms with Crippen molar-refractivity contribution in [1.82, 2.24) is 0 Å². The molecule has 0 aromatic heterocycles. The molecule has 68 valence electrons. The number of Topliss-reactive ketones (excluding diaryl/α,β-unsaturated/α-hetero) is 1. The lowest BCUT2D eigenvalue weighted by Crippen LogP contribution is -1.90. The van der Waals surface area contributed by atoms with Gasteiger partial charge in [-0.15, -0.1) is 0 Å². The summed E-state index contributed by atoms with van der Waals surface area (Å²) in [6.07, 6.45) is 1.91. The van der Waals surface area contributed by atoms with E-state index in [1.54, 1.807) is 6.92 Å². The van der Waals surface area contributed by atoms with Crippen LogP contribution in [0.1, 0.15) is 25.0 Å². The van der Waals surface area contributed by atoms with Crippen LogP contribution in [0.5, 0.6) is 0 Å². The van der Waals surface area contributed by atoms with E-state index >= 15 is 0 Å². The minimum atomic E-state index is 0.126. The van der Waals surface area contributed by atoms with Crippen LogP contribution < -0.4 is 0 Å². The largest absolute Gasteiger partial charge is 0.295 e. The first kappa shape index (κ1) is 9.72. The first-order valence-electron chi connectivity index (χ1n) is 4.35. The zero-order chi connectivity index (χ0) is 9.84. The van der Waals surface area contributed by atoms with E-state index in [-0.39, 0.29) is 5.78 Å². The van der Waals surface area contributed by atoms with E-state index in [4.69, 9.17) is 0 Å². The molecule has 1 heteroatoms. The van der Waals surface area contributed by atoms with Crippen molar-refractivity contribution < 1.29 is 4.79 Å². The van der Waals surface area contributed by atoms with Crippen LogP contribution in [-0.4, -0.2) is 5.78 Å². The highest BCUT2D eigenvalue weighted by atomic mass is 16.1. The van der Waals surface area contributed by atoms with Gasteiger partial charge in [-0.1, -0.05) is 29.8 Å². The standard InChI is InChI=1S/C12H14O/c1-9-5-4-6-12(7-9)8-10(2)11(3)13/h4-8H,1-3H3/b10-8+. The van der Waals surface area contributed by atoms with Gasteiger partial charge in [0.15, 0.2) is 5.78 Å². The maximum absolute atomic E-state index is 11.0. The normalized spacial score (nSPS) is 11.5. The average Bonchev–Trinajstić information content (AvgIpc) is 2.04. The van der Waals surface area contributed by atoms with Gasteiger partial charge in [-0.05, 0) is 38.0 Å². The number of carbonyl (C=O) groups is 1. The van der Waals surface area contributed by atoms with Gasteiger partial charge in [0, 0.05) is 0 Å². The Morgan fingerprint density at radius 3 is 2.54 bits per heavy atom. The molecule has 0 heterocycles. The minimum absolute atomic E-state index is 0.126. The quantitative estimate of drug-likeness (QED) is 0.630. The molecular formula is C12H14O. The number of ketones is 1. The summed E-state index contributed by atoms with van der Waals surface area (Å²) in [5.74, 6) is 0.126. The van der Waals surface area contributed by atoms with Crippen molar-refractivity contribution in [1.29, 1.82) is 0 Å². The van der Waals surface area contributed by atoms with Gasteiger partial charge in [-0.3, -0.25) is 4.79 Å². The van der Waals surface area contributed by atoms with E-state index in [1.165, 1.54) is 5.56 Å². The van der Waals surface area contributed by atoms with Crippen molar-refractivity contribution in [3.63, 3.8) is 0 Å². The van der Waals surface area contributed by atoms with Crippen LogP contribution in [0, 0.1) is 6.92 Å². The van der Waals surface area contributed by atoms with Crippen molar-refractivity contribution in [3.8, 4) is 0 Å². The zero-order valence-corrected chi connectivity index (χ0v) is 8.29. The van der Waals surface area contributed by atoms with Gasteiger partial charge in [0.05, 0.1) is 0 Å². The van der Waals surface area contributed by atoms with Gasteiger partial charge in [-0.2, -0.15) is 0 Å². The number of carbonyl (C=O) groups excluding carboxylic acids is 1. The van der Waals surface area contributed by atoms with Crippen molar-refractivity contribution >= 4 is 11.9 Å². The average molecular weight is 174 g/mol. The van der Waals surface area contributed by atoms with Gasteiger partial charge < -0.3 is 0 Å². The second kappa shape index (κ2) is 4.04. The van der Waals surface area contributed by atoms with E-state index in [9.17, 15) is 4.79 Å². The summed E-state index contributed by atoms with van der Waals surface area (Å²) in [6, 6.07) is 8.10. The molecule has 0 aliphatic carbocycles. The second-order valence-electron chi connectivity index (χ2n) is 3.30. The predicted molar refractivity (Wildman–Crippen MR) is 55.5 cm³/mol. The van der Waals surface area contributed by atoms with E-state index in [1.807, 2.05) is 38.1 Å². The monoisotopic (exact) mass is 174 g/mol. The van der Waals surface area contributed by atoms with E-state index in [0.29, 0.717) is 0 Å². The summed E-state index contributed by atoms with van der Waals surface area (Å²) in [4.78, 5) is 11.0. The summed E-state index contributed by atoms with van der Waals surface area (Å²) in [6.45, 7) is 5.47. The minimum Gasteiger partial charge on any atom is -0.295 e. The molecule has 0 radical (unpaired) electrons. The Hall–Kier alpha value is -1.37. The van der Waals surface area contributed by atoms with E-state index < -0.39 is 0 Å². The third-order valence-corrected chi connectivity index (χ3v) is 1.98. The fourth-order valence-corrected chi connectivity index (χ4v) is 1.11. The highest BCUT2D eigenvalue weighted by Gasteiger charge is 1.96. The van der Waals surface area contributed by atoms with Gasteiger partial charge in [0.25, 0.3) is 0 Å². The lowest BCUT2D eigenvalue weighted by Gasteiger charge is -1.97. The zero-order valence-electron chi connectivity index (χ0n) is 8.29. The van der Waals surface area contributed by atoms with Crippen LogP contribution in [0.25, 0.3) is 6.08 Å². The van der Waals surface area contributed by atoms with Gasteiger partial charge in [0.2, 0.25) is 0 Å². The van der Waals surface area contributed by atoms with Crippen molar-refractivity contribution in [2.75, 3.05) is 0 Å². The number of aryl methyl sites for hydroxylation is 1. The molecular weight excluding hydrogens is 160 g/mol. The molecule has 0 unspecified atom stereocenters. The van der Waals surface area contributed by atoms with Crippen LogP contribution in [0.4, 0.5) is 0 Å². The number of rotatable bonds is 2. The fourth-order valence-electron chi connectivity index (χ4n) is 1.11. The Balaban J connectivity index is 2.97. The molecule has 13 heavy (non-hydrogen) atoms. The summed E-state index contributed by atoms with van der Waals surface area (Å²) in [5, 5.41) is 0. The van der Waals surface area contributed by atoms with E-state index in [2.05, 4.69) is 6.07 Å². The molecule has 0 atom stereocenters. The number of hydrogen-bond acceptors (Lipinski definition) is 1. The molecule has 0 spiro atoms. The summed E-state index contributed by atoms with van der Waals surface area (Å²) in [5.41, 5.74) is 3.10. The molecule has 0 fully saturated rings. The Bertz CT molecular complexity index is 348. The smallest absolute Gasteiger partial charge is 0.155 e. The molecule has 1 aromatic carbocycles. The van der Waals surface area contributed by atoms with Crippen LogP contribution in [0.15, 0.2) is 29.8 Å². The molecule has 0 bridgehead atoms. The lowest BCUT2D eigenvalue weighted by molar-refractivity contribution is -0.113. The Morgan fingerprint density at radius 1 is 1.31 bits per heavy atom. The van der Waals surface area contributed by atoms with E-state index in [0.717, 1.165) is 11.1 Å². The van der Waals surface area contributed by atoms with Crippen LogP contribution >= 0.6 is 0 Å². The Morgan fingerprint density at radius 2 is 2.00 bits per heavy atom. The highest BCUT2D eigenvalue weighted by Crippen LogP contribution is 2.09. The fraction of sp³-hybridized carbons (Fsp3) is 0.250. The molecule has 1 aromatic rings. The molecule has 0 saturated carbocycles. The first-order valence-corrected chi connectivity index (χ1v) is 4.35. The molecule has 0 aliphatic rings. The van der Waals surface area contributed by atoms with Crippen LogP contribution in [0.2, 0.25) is 0 Å². The highest BCUT2D eigenvalue weighted by molar-refractivity contribution is 5.97. The number of allylic oxidation sites excluding steroid dienone is 1. The summed E-state index contributed by atoms with van der Waals surface area (Å²) < 4.78 is 0. The van der Waals surface area contributed by atoms with Gasteiger partial charge >= 0.3 is 0 Å². The predicted octanol–water partition coefficient (Wildman–Crippen LogP) is 2.99. The molecule has 0 aliphatic heterocycles. The van der Waals surface area contributed by atoms with Crippen LogP contribution in [-0.2, 0) is 4.79 Å². The topological polar surface area (TPSA) is 17.1 Å². The van der Waals surface area contributed by atoms with Gasteiger partial charge in [-0.25, -0.2) is 0 Å². The van der Waals surface area contributed by atoms with Crippen molar-refractivity contribution in [2.24, 2.45) is 0 Å². The number of hydrogen-bond donors (Lipinski definition) is 0. The van der Waals surface area contributed by atoms with Gasteiger partial charge in [0.1, 0.15) is 0 Å². The Labute approximate surface area is 79.1 Å². The second-order valence-corrected chi connectivity index (χ2v) is 3.30. The maximum atomic E-state index is 11.0. The Kier molecular flexibility index (Phi) is 3.02. The molecule has 1 nitrogen and oxygen atoms in total. The van der Waals surface area contributed by atoms with Crippen LogP contribution in [0.3, 0.4) is 0 Å². The molecule has 0 saturated heterocycles. The number of benzene rings is 1. The third-order valence-electron chi connectivity index (χ3n) is 1.98. The third kappa shape index (κ3) is 2.86.